The number of H-pyrrole nitrogens is 1. The van der Waals surface area contributed by atoms with E-state index in [0.29, 0.717) is 19.7 Å². The van der Waals surface area contributed by atoms with Crippen molar-refractivity contribution in [2.24, 2.45) is 0 Å². The minimum Gasteiger partial charge on any atom is -0.462 e. The van der Waals surface area contributed by atoms with Crippen molar-refractivity contribution in [2.45, 2.75) is 11.9 Å². The largest absolute Gasteiger partial charge is 0.462 e. The molecule has 0 amide bonds. The number of carbonyl (C=O) groups is 1. The number of carbonyl (C=O) groups excluding carboxylic acids is 1. The second-order valence-corrected chi connectivity index (χ2v) is 5.68. The first-order valence-corrected chi connectivity index (χ1v) is 7.91. The zero-order chi connectivity index (χ0) is 15.7. The smallest absolute Gasteiger partial charge is 0.342 e. The van der Waals surface area contributed by atoms with Crippen LogP contribution in [0.2, 0.25) is 0 Å². The summed E-state index contributed by atoms with van der Waals surface area (Å²) in [6.07, 6.45) is 1.13. The number of methoxy groups -OCH3 is 1. The van der Waals surface area contributed by atoms with Gasteiger partial charge < -0.3 is 14.8 Å². The number of nitrogens with zero attached hydrogens (tertiary/aromatic N) is 1. The van der Waals surface area contributed by atoms with Crippen molar-refractivity contribution in [3.8, 4) is 0 Å². The van der Waals surface area contributed by atoms with Crippen LogP contribution < -0.4 is 10.0 Å². The Kier molecular flexibility index (Phi) is 9.94. The normalized spacial score (nSPS) is 11.0. The van der Waals surface area contributed by atoms with Crippen molar-refractivity contribution in [2.75, 3.05) is 40.0 Å². The lowest BCUT2D eigenvalue weighted by Crippen LogP contribution is -2.33. The van der Waals surface area contributed by atoms with Gasteiger partial charge in [0.15, 0.2) is 5.03 Å². The molecule has 0 saturated heterocycles. The molecule has 0 fully saturated rings. The van der Waals surface area contributed by atoms with Crippen LogP contribution in [-0.4, -0.2) is 64.5 Å². The lowest BCUT2D eigenvalue weighted by atomic mass is 10.4. The Hall–Kier alpha value is -1.20. The Morgan fingerprint density at radius 2 is 2.09 bits per heavy atom. The van der Waals surface area contributed by atoms with Gasteiger partial charge in [-0.3, -0.25) is 5.10 Å². The lowest BCUT2D eigenvalue weighted by Gasteiger charge is -2.07. The Balaban J connectivity index is 0.00000441. The first-order chi connectivity index (χ1) is 10.0. The van der Waals surface area contributed by atoms with Gasteiger partial charge in [0, 0.05) is 26.7 Å². The van der Waals surface area contributed by atoms with Gasteiger partial charge in [-0.15, -0.1) is 12.4 Å². The molecule has 11 heteroatoms. The summed E-state index contributed by atoms with van der Waals surface area (Å²) in [5, 5.41) is 8.59. The number of hydrogen-bond acceptors (Lipinski definition) is 7. The van der Waals surface area contributed by atoms with Crippen molar-refractivity contribution >= 4 is 28.4 Å². The molecule has 9 nitrogen and oxygen atoms in total. The first-order valence-electron chi connectivity index (χ1n) is 6.42. The van der Waals surface area contributed by atoms with E-state index in [2.05, 4.69) is 20.2 Å². The van der Waals surface area contributed by atoms with Gasteiger partial charge in [0.1, 0.15) is 5.56 Å². The molecule has 1 rings (SSSR count). The number of rotatable bonds is 10. The highest BCUT2D eigenvalue weighted by atomic mass is 35.5. The summed E-state index contributed by atoms with van der Waals surface area (Å²) in [7, 11) is -2.26. The number of aromatic nitrogens is 2. The molecule has 0 aliphatic carbocycles. The van der Waals surface area contributed by atoms with E-state index in [0.717, 1.165) is 6.20 Å². The van der Waals surface area contributed by atoms with Gasteiger partial charge in [-0.05, 0) is 6.92 Å². The minimum atomic E-state index is -3.84. The van der Waals surface area contributed by atoms with Crippen LogP contribution >= 0.6 is 12.4 Å². The van der Waals surface area contributed by atoms with Crippen molar-refractivity contribution in [3.63, 3.8) is 0 Å². The predicted octanol–water partition coefficient (Wildman–Crippen LogP) is -0.477. The summed E-state index contributed by atoms with van der Waals surface area (Å²) in [5.41, 5.74) is -0.114. The molecular weight excluding hydrogens is 336 g/mol. The fourth-order valence-electron chi connectivity index (χ4n) is 1.48. The number of aromatic amines is 1. The van der Waals surface area contributed by atoms with Gasteiger partial charge >= 0.3 is 5.97 Å². The zero-order valence-electron chi connectivity index (χ0n) is 12.4. The molecule has 0 spiro atoms. The molecule has 3 N–H and O–H groups in total. The standard InChI is InChI=1S/C11H20N4O5S.ClH/c1-3-20-11(16)9-8-13-15-10(9)21(17,18)14-5-4-12-6-7-19-2;/h8,12,14H,3-7H2,1-2H3,(H,13,15);1H. The maximum absolute atomic E-state index is 12.1. The van der Waals surface area contributed by atoms with Crippen LogP contribution in [-0.2, 0) is 19.5 Å². The summed E-state index contributed by atoms with van der Waals surface area (Å²) >= 11 is 0. The van der Waals surface area contributed by atoms with Crippen LogP contribution in [0.1, 0.15) is 17.3 Å². The maximum atomic E-state index is 12.1. The lowest BCUT2D eigenvalue weighted by molar-refractivity contribution is 0.0522. The molecule has 1 aromatic heterocycles. The van der Waals surface area contributed by atoms with Crippen molar-refractivity contribution in [1.82, 2.24) is 20.2 Å². The van der Waals surface area contributed by atoms with Gasteiger partial charge in [0.2, 0.25) is 0 Å². The average Bonchev–Trinajstić information content (AvgIpc) is 2.93. The summed E-state index contributed by atoms with van der Waals surface area (Å²) in [6.45, 7) is 3.56. The fourth-order valence-corrected chi connectivity index (χ4v) is 2.59. The summed E-state index contributed by atoms with van der Waals surface area (Å²) in [6, 6.07) is 0. The van der Waals surface area contributed by atoms with Crippen LogP contribution in [0.5, 0.6) is 0 Å². The molecule has 0 aliphatic heterocycles. The topological polar surface area (TPSA) is 122 Å². The van der Waals surface area contributed by atoms with Crippen LogP contribution in [0.25, 0.3) is 0 Å². The highest BCUT2D eigenvalue weighted by Gasteiger charge is 2.25. The fraction of sp³-hybridized carbons (Fsp3) is 0.636. The predicted molar refractivity (Wildman–Crippen MR) is 81.7 cm³/mol. The van der Waals surface area contributed by atoms with Gasteiger partial charge in [-0.2, -0.15) is 5.10 Å². The second-order valence-electron chi connectivity index (χ2n) is 3.97. The van der Waals surface area contributed by atoms with E-state index in [-0.39, 0.29) is 36.1 Å². The number of ether oxygens (including phenoxy) is 2. The third kappa shape index (κ3) is 6.28. The molecule has 0 aliphatic rings. The SMILES string of the molecule is CCOC(=O)c1cn[nH]c1S(=O)(=O)NCCNCCOC.Cl. The highest BCUT2D eigenvalue weighted by molar-refractivity contribution is 7.89. The maximum Gasteiger partial charge on any atom is 0.342 e. The molecule has 0 saturated carbocycles. The quantitative estimate of drug-likeness (QED) is 0.382. The molecule has 0 radical (unpaired) electrons. The summed E-state index contributed by atoms with van der Waals surface area (Å²) in [5.74, 6) is -0.732. The molecule has 0 atom stereocenters. The molecule has 22 heavy (non-hydrogen) atoms. The Morgan fingerprint density at radius 3 is 2.73 bits per heavy atom. The molecule has 1 aromatic rings. The van der Waals surface area contributed by atoms with Gasteiger partial charge in [-0.25, -0.2) is 17.9 Å². The molecule has 1 heterocycles. The Labute approximate surface area is 135 Å². The second kappa shape index (κ2) is 10.5. The third-order valence-electron chi connectivity index (χ3n) is 2.45. The van der Waals surface area contributed by atoms with E-state index in [1.165, 1.54) is 0 Å². The first kappa shape index (κ1) is 20.8. The van der Waals surface area contributed by atoms with Crippen molar-refractivity contribution in [3.05, 3.63) is 11.8 Å². The number of sulfonamides is 1. The zero-order valence-corrected chi connectivity index (χ0v) is 14.1. The highest BCUT2D eigenvalue weighted by Crippen LogP contribution is 2.12. The molecule has 0 unspecified atom stereocenters. The Bertz CT molecular complexity index is 548. The monoisotopic (exact) mass is 356 g/mol. The van der Waals surface area contributed by atoms with Crippen LogP contribution in [0.3, 0.4) is 0 Å². The van der Waals surface area contributed by atoms with Crippen molar-refractivity contribution < 1.29 is 22.7 Å². The number of esters is 1. The van der Waals surface area contributed by atoms with E-state index in [1.54, 1.807) is 14.0 Å². The summed E-state index contributed by atoms with van der Waals surface area (Å²) in [4.78, 5) is 11.6. The van der Waals surface area contributed by atoms with Crippen LogP contribution in [0.4, 0.5) is 0 Å². The summed E-state index contributed by atoms with van der Waals surface area (Å²) < 4.78 is 36.1. The Morgan fingerprint density at radius 1 is 1.36 bits per heavy atom. The molecule has 0 aromatic carbocycles. The van der Waals surface area contributed by atoms with E-state index in [9.17, 15) is 13.2 Å². The molecule has 0 bridgehead atoms. The van der Waals surface area contributed by atoms with Crippen molar-refractivity contribution in [1.29, 1.82) is 0 Å². The van der Waals surface area contributed by atoms with E-state index in [1.807, 2.05) is 0 Å². The van der Waals surface area contributed by atoms with E-state index < -0.39 is 16.0 Å². The van der Waals surface area contributed by atoms with E-state index in [4.69, 9.17) is 9.47 Å². The molecular formula is C11H21ClN4O5S. The van der Waals surface area contributed by atoms with Crippen LogP contribution in [0.15, 0.2) is 11.2 Å². The number of nitrogens with one attached hydrogen (secondary N) is 3. The minimum absolute atomic E-state index is 0. The number of halogens is 1. The van der Waals surface area contributed by atoms with Gasteiger partial charge in [0.05, 0.1) is 19.4 Å². The average molecular weight is 357 g/mol. The third-order valence-corrected chi connectivity index (χ3v) is 3.88. The number of hydrogen-bond donors (Lipinski definition) is 3. The van der Waals surface area contributed by atoms with Gasteiger partial charge in [0.25, 0.3) is 10.0 Å². The van der Waals surface area contributed by atoms with Gasteiger partial charge in [-0.1, -0.05) is 0 Å². The van der Waals surface area contributed by atoms with Crippen LogP contribution in [0, 0.1) is 0 Å². The molecule has 128 valence electrons. The van der Waals surface area contributed by atoms with E-state index >= 15 is 0 Å².